The molecule has 3 aromatic carbocycles. The van der Waals surface area contributed by atoms with E-state index in [0.29, 0.717) is 0 Å². The molecule has 3 heteroatoms. The Labute approximate surface area is 154 Å². The number of hydrogen-bond donors (Lipinski definition) is 0. The Morgan fingerprint density at radius 3 is 2.23 bits per heavy atom. The number of para-hydroxylation sites is 1. The third kappa shape index (κ3) is 2.36. The first-order chi connectivity index (χ1) is 12.8. The number of likely N-dealkylation sites (N-methyl/N-ethyl adjacent to an activating group) is 1. The van der Waals surface area contributed by atoms with Crippen LogP contribution in [0, 0.1) is 0 Å². The van der Waals surface area contributed by atoms with E-state index in [0.717, 1.165) is 17.9 Å². The van der Waals surface area contributed by atoms with Crippen molar-refractivity contribution in [1.29, 1.82) is 0 Å². The summed E-state index contributed by atoms with van der Waals surface area (Å²) in [5.74, 6) is 0.243. The van der Waals surface area contributed by atoms with Crippen LogP contribution in [-0.2, 0) is 6.54 Å². The highest BCUT2D eigenvalue weighted by Crippen LogP contribution is 2.42. The molecule has 3 aromatic rings. The molecule has 0 amide bonds. The molecule has 0 fully saturated rings. The van der Waals surface area contributed by atoms with Gasteiger partial charge in [-0.05, 0) is 35.9 Å². The van der Waals surface area contributed by atoms with E-state index in [4.69, 9.17) is 5.10 Å². The van der Waals surface area contributed by atoms with Crippen LogP contribution in [0.3, 0.4) is 0 Å². The Balaban J connectivity index is 1.70. The van der Waals surface area contributed by atoms with Gasteiger partial charge in [0.15, 0.2) is 0 Å². The Hall–Kier alpha value is -2.91. The minimum atomic E-state index is 0.197. The minimum Gasteiger partial charge on any atom is -0.280 e. The van der Waals surface area contributed by atoms with Gasteiger partial charge in [0.25, 0.3) is 0 Å². The first-order valence-corrected chi connectivity index (χ1v) is 9.09. The van der Waals surface area contributed by atoms with E-state index in [9.17, 15) is 0 Å². The molecular weight excluding hydrogens is 318 g/mol. The molecule has 0 saturated carbocycles. The maximum absolute atomic E-state index is 5.13. The molecule has 0 N–H and O–H groups in total. The third-order valence-corrected chi connectivity index (χ3v) is 5.41. The molecule has 128 valence electrons. The molecule has 5 rings (SSSR count). The van der Waals surface area contributed by atoms with Crippen molar-refractivity contribution in [1.82, 2.24) is 4.90 Å². The first-order valence-electron chi connectivity index (χ1n) is 9.09. The van der Waals surface area contributed by atoms with Gasteiger partial charge in [-0.15, -0.1) is 0 Å². The lowest BCUT2D eigenvalue weighted by molar-refractivity contribution is 0.209. The molecule has 0 spiro atoms. The molecule has 2 atom stereocenters. The lowest BCUT2D eigenvalue weighted by Gasteiger charge is -2.40. The maximum Gasteiger partial charge on any atom is 0.117 e. The van der Waals surface area contributed by atoms with Crippen LogP contribution in [0.2, 0.25) is 0 Å². The minimum absolute atomic E-state index is 0.197. The predicted molar refractivity (Wildman–Crippen MR) is 106 cm³/mol. The first kappa shape index (κ1) is 15.4. The lowest BCUT2D eigenvalue weighted by Crippen LogP contribution is -2.48. The lowest BCUT2D eigenvalue weighted by atomic mass is 9.82. The van der Waals surface area contributed by atoms with Crippen molar-refractivity contribution in [3.05, 3.63) is 102 Å². The average molecular weight is 339 g/mol. The standard InChI is InChI=1S/C23H21N3/c1-25-16-18-12-8-9-15-20(18)21-22(17-10-4-2-5-11-17)24-26(23(21)25)19-13-6-3-7-14-19/h2-15,21,23H,16H2,1H3/t21-,23+/m1/s1. The van der Waals surface area contributed by atoms with Crippen LogP contribution in [0.25, 0.3) is 0 Å². The molecule has 2 aliphatic rings. The van der Waals surface area contributed by atoms with Crippen LogP contribution < -0.4 is 5.01 Å². The zero-order valence-electron chi connectivity index (χ0n) is 14.8. The number of benzene rings is 3. The number of fused-ring (bicyclic) bond motifs is 3. The SMILES string of the molecule is CN1Cc2ccccc2[C@@H]2C(c3ccccc3)=NN(c3ccccc3)[C@@H]21. The van der Waals surface area contributed by atoms with Gasteiger partial charge in [0.1, 0.15) is 6.17 Å². The summed E-state index contributed by atoms with van der Waals surface area (Å²) in [6, 6.07) is 29.9. The van der Waals surface area contributed by atoms with Gasteiger partial charge < -0.3 is 0 Å². The summed E-state index contributed by atoms with van der Waals surface area (Å²) in [5.41, 5.74) is 6.29. The van der Waals surface area contributed by atoms with Crippen molar-refractivity contribution in [3.63, 3.8) is 0 Å². The summed E-state index contributed by atoms with van der Waals surface area (Å²) in [6.07, 6.45) is 0.197. The Morgan fingerprint density at radius 1 is 0.808 bits per heavy atom. The summed E-state index contributed by atoms with van der Waals surface area (Å²) in [7, 11) is 2.20. The van der Waals surface area contributed by atoms with Crippen molar-refractivity contribution in [2.45, 2.75) is 18.6 Å². The van der Waals surface area contributed by atoms with Crippen LogP contribution in [0.5, 0.6) is 0 Å². The number of anilines is 1. The third-order valence-electron chi connectivity index (χ3n) is 5.41. The highest BCUT2D eigenvalue weighted by atomic mass is 15.6. The van der Waals surface area contributed by atoms with Crippen LogP contribution in [0.15, 0.2) is 90.0 Å². The number of rotatable bonds is 2. The van der Waals surface area contributed by atoms with Crippen molar-refractivity contribution in [3.8, 4) is 0 Å². The fourth-order valence-electron chi connectivity index (χ4n) is 4.25. The maximum atomic E-state index is 5.13. The van der Waals surface area contributed by atoms with E-state index >= 15 is 0 Å². The van der Waals surface area contributed by atoms with Crippen LogP contribution in [0.1, 0.15) is 22.6 Å². The number of nitrogens with zero attached hydrogens (tertiary/aromatic N) is 3. The quantitative estimate of drug-likeness (QED) is 0.686. The predicted octanol–water partition coefficient (Wildman–Crippen LogP) is 4.47. The van der Waals surface area contributed by atoms with E-state index in [1.165, 1.54) is 16.7 Å². The second-order valence-corrected chi connectivity index (χ2v) is 7.04. The van der Waals surface area contributed by atoms with E-state index in [1.54, 1.807) is 0 Å². The number of hydrazone groups is 1. The zero-order chi connectivity index (χ0) is 17.5. The topological polar surface area (TPSA) is 18.8 Å². The second-order valence-electron chi connectivity index (χ2n) is 7.04. The summed E-state index contributed by atoms with van der Waals surface area (Å²) < 4.78 is 0. The van der Waals surface area contributed by atoms with Crippen molar-refractivity contribution in [2.75, 3.05) is 12.1 Å². The molecule has 3 nitrogen and oxygen atoms in total. The monoisotopic (exact) mass is 339 g/mol. The Morgan fingerprint density at radius 2 is 1.46 bits per heavy atom. The molecule has 2 aliphatic heterocycles. The van der Waals surface area contributed by atoms with E-state index < -0.39 is 0 Å². The Bertz CT molecular complexity index is 949. The second kappa shape index (κ2) is 6.11. The summed E-state index contributed by atoms with van der Waals surface area (Å²) in [4.78, 5) is 2.42. The van der Waals surface area contributed by atoms with Gasteiger partial charge in [-0.2, -0.15) is 5.10 Å². The van der Waals surface area contributed by atoms with E-state index in [1.807, 2.05) is 0 Å². The molecule has 26 heavy (non-hydrogen) atoms. The van der Waals surface area contributed by atoms with E-state index in [2.05, 4.69) is 102 Å². The fraction of sp³-hybridized carbons (Fsp3) is 0.174. The van der Waals surface area contributed by atoms with E-state index in [-0.39, 0.29) is 12.1 Å². The summed E-state index contributed by atoms with van der Waals surface area (Å²) in [5, 5.41) is 7.33. The van der Waals surface area contributed by atoms with Gasteiger partial charge in [0.05, 0.1) is 17.3 Å². The summed E-state index contributed by atoms with van der Waals surface area (Å²) in [6.45, 7) is 0.943. The molecule has 0 unspecified atom stereocenters. The van der Waals surface area contributed by atoms with Crippen LogP contribution >= 0.6 is 0 Å². The molecule has 0 radical (unpaired) electrons. The van der Waals surface area contributed by atoms with Gasteiger partial charge in [-0.1, -0.05) is 72.8 Å². The van der Waals surface area contributed by atoms with Gasteiger partial charge in [0.2, 0.25) is 0 Å². The van der Waals surface area contributed by atoms with Crippen LogP contribution in [-0.4, -0.2) is 23.8 Å². The molecular formula is C23H21N3. The molecule has 0 saturated heterocycles. The highest BCUT2D eigenvalue weighted by molar-refractivity contribution is 6.08. The summed E-state index contributed by atoms with van der Waals surface area (Å²) >= 11 is 0. The fourth-order valence-corrected chi connectivity index (χ4v) is 4.25. The van der Waals surface area contributed by atoms with Gasteiger partial charge in [0, 0.05) is 6.54 Å². The zero-order valence-corrected chi connectivity index (χ0v) is 14.8. The van der Waals surface area contributed by atoms with Gasteiger partial charge in [-0.3, -0.25) is 4.90 Å². The van der Waals surface area contributed by atoms with Crippen molar-refractivity contribution >= 4 is 11.4 Å². The van der Waals surface area contributed by atoms with Crippen molar-refractivity contribution < 1.29 is 0 Å². The number of hydrogen-bond acceptors (Lipinski definition) is 3. The molecule has 0 aromatic heterocycles. The largest absolute Gasteiger partial charge is 0.280 e. The van der Waals surface area contributed by atoms with Crippen LogP contribution in [0.4, 0.5) is 5.69 Å². The van der Waals surface area contributed by atoms with Gasteiger partial charge in [-0.25, -0.2) is 5.01 Å². The van der Waals surface area contributed by atoms with Crippen molar-refractivity contribution in [2.24, 2.45) is 5.10 Å². The van der Waals surface area contributed by atoms with Gasteiger partial charge >= 0.3 is 0 Å². The average Bonchev–Trinajstić information content (AvgIpc) is 3.11. The Kier molecular flexibility index (Phi) is 3.61. The normalized spacial score (nSPS) is 21.9. The highest BCUT2D eigenvalue weighted by Gasteiger charge is 2.45. The molecule has 0 bridgehead atoms. The molecule has 2 heterocycles. The smallest absolute Gasteiger partial charge is 0.117 e. The molecule has 0 aliphatic carbocycles.